The van der Waals surface area contributed by atoms with Crippen LogP contribution >= 0.6 is 11.6 Å². The second-order valence-electron chi connectivity index (χ2n) is 5.35. The van der Waals surface area contributed by atoms with Crippen molar-refractivity contribution in [1.82, 2.24) is 4.90 Å². The number of aliphatic hydroxyl groups is 1. The molecule has 1 heterocycles. The van der Waals surface area contributed by atoms with Gasteiger partial charge in [-0.3, -0.25) is 9.69 Å². The molecule has 1 saturated heterocycles. The third kappa shape index (κ3) is 3.85. The molecule has 2 rings (SSSR count). The van der Waals surface area contributed by atoms with Crippen LogP contribution in [0.15, 0.2) is 18.2 Å². The molecular formula is C14H20ClN3O2. The number of piperidine rings is 1. The average Bonchev–Trinajstić information content (AvgIpc) is 2.38. The highest BCUT2D eigenvalue weighted by Crippen LogP contribution is 2.22. The summed E-state index contributed by atoms with van der Waals surface area (Å²) in [5, 5.41) is 12.9. The Hall–Kier alpha value is -1.30. The van der Waals surface area contributed by atoms with Gasteiger partial charge < -0.3 is 16.2 Å². The molecule has 1 amide bonds. The molecular weight excluding hydrogens is 278 g/mol. The number of rotatable bonds is 3. The Bertz CT molecular complexity index is 495. The largest absolute Gasteiger partial charge is 0.397 e. The molecule has 0 spiro atoms. The van der Waals surface area contributed by atoms with E-state index in [1.165, 1.54) is 0 Å². The van der Waals surface area contributed by atoms with Gasteiger partial charge in [0.25, 0.3) is 0 Å². The summed E-state index contributed by atoms with van der Waals surface area (Å²) in [4.78, 5) is 14.0. The predicted molar refractivity (Wildman–Crippen MR) is 80.7 cm³/mol. The maximum absolute atomic E-state index is 12.0. The number of nitrogens with one attached hydrogen (secondary N) is 1. The molecule has 0 bridgehead atoms. The summed E-state index contributed by atoms with van der Waals surface area (Å²) < 4.78 is 0. The van der Waals surface area contributed by atoms with Gasteiger partial charge >= 0.3 is 0 Å². The lowest BCUT2D eigenvalue weighted by atomic mass is 9.97. The van der Waals surface area contributed by atoms with Crippen molar-refractivity contribution in [2.75, 3.05) is 30.7 Å². The van der Waals surface area contributed by atoms with Crippen molar-refractivity contribution in [2.45, 2.75) is 19.4 Å². The number of benzene rings is 1. The normalized spacial score (nSPS) is 23.6. The summed E-state index contributed by atoms with van der Waals surface area (Å²) >= 11 is 5.83. The van der Waals surface area contributed by atoms with Crippen LogP contribution in [0.25, 0.3) is 0 Å². The molecule has 1 fully saturated rings. The number of amides is 1. The highest BCUT2D eigenvalue weighted by molar-refractivity contribution is 6.33. The van der Waals surface area contributed by atoms with Crippen molar-refractivity contribution >= 4 is 28.9 Å². The second-order valence-corrected chi connectivity index (χ2v) is 5.76. The van der Waals surface area contributed by atoms with E-state index in [0.29, 0.717) is 29.4 Å². The molecule has 2 atom stereocenters. The Labute approximate surface area is 123 Å². The molecule has 1 aliphatic heterocycles. The zero-order valence-corrected chi connectivity index (χ0v) is 12.2. The van der Waals surface area contributed by atoms with Crippen molar-refractivity contribution in [2.24, 2.45) is 5.92 Å². The van der Waals surface area contributed by atoms with E-state index in [4.69, 9.17) is 17.3 Å². The van der Waals surface area contributed by atoms with E-state index >= 15 is 0 Å². The zero-order valence-electron chi connectivity index (χ0n) is 11.5. The molecule has 2 unspecified atom stereocenters. The number of halogens is 1. The Morgan fingerprint density at radius 3 is 3.00 bits per heavy atom. The first kappa shape index (κ1) is 15.1. The highest BCUT2D eigenvalue weighted by atomic mass is 35.5. The van der Waals surface area contributed by atoms with Crippen LogP contribution in [-0.2, 0) is 4.79 Å². The van der Waals surface area contributed by atoms with Gasteiger partial charge in [0.2, 0.25) is 5.91 Å². The molecule has 1 aromatic carbocycles. The van der Waals surface area contributed by atoms with Crippen molar-refractivity contribution in [1.29, 1.82) is 0 Å². The van der Waals surface area contributed by atoms with Crippen molar-refractivity contribution in [3.05, 3.63) is 23.2 Å². The number of aliphatic hydroxyl groups excluding tert-OH is 1. The third-order valence-corrected chi connectivity index (χ3v) is 3.94. The molecule has 1 aliphatic rings. The van der Waals surface area contributed by atoms with Crippen LogP contribution in [0, 0.1) is 5.92 Å². The molecule has 110 valence electrons. The SMILES string of the molecule is CC1CN(CC(=O)Nc2ccc(Cl)c(N)c2)CCC1O. The molecule has 0 aliphatic carbocycles. The van der Waals surface area contributed by atoms with Crippen LogP contribution in [0.2, 0.25) is 5.02 Å². The lowest BCUT2D eigenvalue weighted by Gasteiger charge is -2.33. The molecule has 1 aromatic rings. The van der Waals surface area contributed by atoms with Crippen LogP contribution in [0.5, 0.6) is 0 Å². The summed E-state index contributed by atoms with van der Waals surface area (Å²) in [6, 6.07) is 5.02. The fraction of sp³-hybridized carbons (Fsp3) is 0.500. The lowest BCUT2D eigenvalue weighted by Crippen LogP contribution is -2.45. The topological polar surface area (TPSA) is 78.6 Å². The average molecular weight is 298 g/mol. The van der Waals surface area contributed by atoms with E-state index in [-0.39, 0.29) is 17.9 Å². The summed E-state index contributed by atoms with van der Waals surface area (Å²) in [6.45, 7) is 3.78. The Kier molecular flexibility index (Phi) is 4.86. The third-order valence-electron chi connectivity index (χ3n) is 3.59. The van der Waals surface area contributed by atoms with Gasteiger partial charge in [-0.15, -0.1) is 0 Å². The van der Waals surface area contributed by atoms with Gasteiger partial charge in [0, 0.05) is 18.8 Å². The minimum absolute atomic E-state index is 0.0877. The summed E-state index contributed by atoms with van der Waals surface area (Å²) in [5.41, 5.74) is 6.78. The number of likely N-dealkylation sites (tertiary alicyclic amines) is 1. The van der Waals surface area contributed by atoms with E-state index in [2.05, 4.69) is 5.32 Å². The van der Waals surface area contributed by atoms with Gasteiger partial charge in [-0.1, -0.05) is 18.5 Å². The van der Waals surface area contributed by atoms with Crippen LogP contribution in [0.1, 0.15) is 13.3 Å². The van der Waals surface area contributed by atoms with Crippen LogP contribution in [0.3, 0.4) is 0 Å². The van der Waals surface area contributed by atoms with Crippen LogP contribution in [0.4, 0.5) is 11.4 Å². The fourth-order valence-electron chi connectivity index (χ4n) is 2.39. The monoisotopic (exact) mass is 297 g/mol. The number of carbonyl (C=O) groups excluding carboxylic acids is 1. The molecule has 0 saturated carbocycles. The molecule has 0 aromatic heterocycles. The van der Waals surface area contributed by atoms with E-state index in [9.17, 15) is 9.90 Å². The van der Waals surface area contributed by atoms with Gasteiger partial charge in [0.15, 0.2) is 0 Å². The summed E-state index contributed by atoms with van der Waals surface area (Å²) in [7, 11) is 0. The maximum Gasteiger partial charge on any atom is 0.238 e. The Morgan fingerprint density at radius 1 is 1.60 bits per heavy atom. The first-order valence-electron chi connectivity index (χ1n) is 6.71. The molecule has 4 N–H and O–H groups in total. The van der Waals surface area contributed by atoms with E-state index in [0.717, 1.165) is 13.1 Å². The van der Waals surface area contributed by atoms with Crippen molar-refractivity contribution < 1.29 is 9.90 Å². The van der Waals surface area contributed by atoms with Gasteiger partial charge in [-0.05, 0) is 30.5 Å². The fourth-order valence-corrected chi connectivity index (χ4v) is 2.51. The number of anilines is 2. The van der Waals surface area contributed by atoms with Gasteiger partial charge in [0.05, 0.1) is 23.4 Å². The second kappa shape index (κ2) is 6.43. The summed E-state index contributed by atoms with van der Waals surface area (Å²) in [5.74, 6) is 0.109. The first-order chi connectivity index (χ1) is 9.45. The number of nitrogens with two attached hydrogens (primary N) is 1. The molecule has 0 radical (unpaired) electrons. The van der Waals surface area contributed by atoms with Gasteiger partial charge in [-0.2, -0.15) is 0 Å². The van der Waals surface area contributed by atoms with Gasteiger partial charge in [-0.25, -0.2) is 0 Å². The predicted octanol–water partition coefficient (Wildman–Crippen LogP) is 1.56. The zero-order chi connectivity index (χ0) is 14.7. The maximum atomic E-state index is 12.0. The van der Waals surface area contributed by atoms with Crippen molar-refractivity contribution in [3.8, 4) is 0 Å². The first-order valence-corrected chi connectivity index (χ1v) is 7.09. The van der Waals surface area contributed by atoms with Crippen molar-refractivity contribution in [3.63, 3.8) is 0 Å². The standard InChI is InChI=1S/C14H20ClN3O2/c1-9-7-18(5-4-13(9)19)8-14(20)17-10-2-3-11(15)12(16)6-10/h2-3,6,9,13,19H,4-5,7-8,16H2,1H3,(H,17,20). The van der Waals surface area contributed by atoms with Crippen LogP contribution < -0.4 is 11.1 Å². The molecule has 20 heavy (non-hydrogen) atoms. The Balaban J connectivity index is 1.87. The number of carbonyl (C=O) groups is 1. The highest BCUT2D eigenvalue weighted by Gasteiger charge is 2.25. The minimum atomic E-state index is -0.259. The quantitative estimate of drug-likeness (QED) is 0.740. The van der Waals surface area contributed by atoms with E-state index in [1.54, 1.807) is 18.2 Å². The van der Waals surface area contributed by atoms with Crippen LogP contribution in [-0.4, -0.2) is 41.7 Å². The minimum Gasteiger partial charge on any atom is -0.397 e. The number of hydrogen-bond donors (Lipinski definition) is 3. The van der Waals surface area contributed by atoms with E-state index < -0.39 is 0 Å². The lowest BCUT2D eigenvalue weighted by molar-refractivity contribution is -0.118. The number of hydrogen-bond acceptors (Lipinski definition) is 4. The number of nitrogens with zero attached hydrogens (tertiary/aromatic N) is 1. The Morgan fingerprint density at radius 2 is 2.35 bits per heavy atom. The van der Waals surface area contributed by atoms with Gasteiger partial charge in [0.1, 0.15) is 0 Å². The van der Waals surface area contributed by atoms with E-state index in [1.807, 2.05) is 11.8 Å². The smallest absolute Gasteiger partial charge is 0.238 e. The number of nitrogen functional groups attached to an aromatic ring is 1. The molecule has 5 nitrogen and oxygen atoms in total. The molecule has 6 heteroatoms. The summed E-state index contributed by atoms with van der Waals surface area (Å²) in [6.07, 6.45) is 0.452.